The van der Waals surface area contributed by atoms with Crippen LogP contribution in [0.25, 0.3) is 0 Å². The molecular formula is C17H16BrClN2O2. The van der Waals surface area contributed by atoms with Gasteiger partial charge in [-0.3, -0.25) is 9.59 Å². The Balaban J connectivity index is 1.99. The maximum Gasteiger partial charge on any atom is 0.251 e. The molecule has 0 radical (unpaired) electrons. The van der Waals surface area contributed by atoms with Gasteiger partial charge in [-0.05, 0) is 30.3 Å². The minimum Gasteiger partial charge on any atom is -0.350 e. The number of anilines is 1. The van der Waals surface area contributed by atoms with Crippen molar-refractivity contribution < 1.29 is 9.59 Å². The summed E-state index contributed by atoms with van der Waals surface area (Å²) in [4.78, 5) is 25.5. The van der Waals surface area contributed by atoms with E-state index in [1.54, 1.807) is 41.3 Å². The second-order valence-electron chi connectivity index (χ2n) is 4.89. The SMILES string of the molecule is CC(=O)N(CCNC(=O)c1cccc(Br)c1)c1ccccc1Cl. The minimum absolute atomic E-state index is 0.130. The molecular weight excluding hydrogens is 380 g/mol. The summed E-state index contributed by atoms with van der Waals surface area (Å²) in [5.74, 6) is -0.316. The summed E-state index contributed by atoms with van der Waals surface area (Å²) in [5.41, 5.74) is 1.20. The summed E-state index contributed by atoms with van der Waals surface area (Å²) in [5, 5.41) is 3.30. The lowest BCUT2D eigenvalue weighted by Gasteiger charge is -2.22. The Morgan fingerprint density at radius 2 is 1.91 bits per heavy atom. The number of hydrogen-bond donors (Lipinski definition) is 1. The third kappa shape index (κ3) is 4.81. The highest BCUT2D eigenvalue weighted by molar-refractivity contribution is 9.10. The zero-order valence-corrected chi connectivity index (χ0v) is 14.9. The van der Waals surface area contributed by atoms with Crippen LogP contribution in [0.2, 0.25) is 5.02 Å². The lowest BCUT2D eigenvalue weighted by atomic mass is 10.2. The highest BCUT2D eigenvalue weighted by Crippen LogP contribution is 2.24. The van der Waals surface area contributed by atoms with Crippen molar-refractivity contribution in [1.29, 1.82) is 0 Å². The number of halogens is 2. The lowest BCUT2D eigenvalue weighted by molar-refractivity contribution is -0.116. The second-order valence-corrected chi connectivity index (χ2v) is 6.21. The second kappa shape index (κ2) is 8.13. The molecule has 0 atom stereocenters. The van der Waals surface area contributed by atoms with E-state index in [0.717, 1.165) is 4.47 Å². The first-order valence-electron chi connectivity index (χ1n) is 7.05. The zero-order valence-electron chi connectivity index (χ0n) is 12.6. The number of carbonyl (C=O) groups is 2. The van der Waals surface area contributed by atoms with Crippen LogP contribution in [-0.2, 0) is 4.79 Å². The summed E-state index contributed by atoms with van der Waals surface area (Å²) in [6.07, 6.45) is 0. The highest BCUT2D eigenvalue weighted by atomic mass is 79.9. The van der Waals surface area contributed by atoms with Crippen molar-refractivity contribution >= 4 is 45.0 Å². The summed E-state index contributed by atoms with van der Waals surface area (Å²) in [6, 6.07) is 14.3. The first-order valence-corrected chi connectivity index (χ1v) is 8.22. The maximum absolute atomic E-state index is 12.1. The Kier molecular flexibility index (Phi) is 6.19. The molecule has 2 rings (SSSR count). The number of hydrogen-bond acceptors (Lipinski definition) is 2. The van der Waals surface area contributed by atoms with Gasteiger partial charge in [-0.15, -0.1) is 0 Å². The molecule has 0 aliphatic carbocycles. The summed E-state index contributed by atoms with van der Waals surface area (Å²) in [7, 11) is 0. The molecule has 6 heteroatoms. The number of para-hydroxylation sites is 1. The van der Waals surface area contributed by atoms with Gasteiger partial charge in [-0.1, -0.05) is 45.7 Å². The van der Waals surface area contributed by atoms with Crippen LogP contribution >= 0.6 is 27.5 Å². The number of carbonyl (C=O) groups excluding carboxylic acids is 2. The van der Waals surface area contributed by atoms with Crippen molar-refractivity contribution in [2.75, 3.05) is 18.0 Å². The third-order valence-corrected chi connectivity index (χ3v) is 4.04. The molecule has 2 aromatic carbocycles. The molecule has 0 aromatic heterocycles. The van der Waals surface area contributed by atoms with E-state index >= 15 is 0 Å². The zero-order chi connectivity index (χ0) is 16.8. The van der Waals surface area contributed by atoms with Crippen LogP contribution < -0.4 is 10.2 Å². The van der Waals surface area contributed by atoms with Crippen molar-refractivity contribution in [3.63, 3.8) is 0 Å². The van der Waals surface area contributed by atoms with Gasteiger partial charge in [0.05, 0.1) is 10.7 Å². The van der Waals surface area contributed by atoms with E-state index < -0.39 is 0 Å². The van der Waals surface area contributed by atoms with Gasteiger partial charge >= 0.3 is 0 Å². The van der Waals surface area contributed by atoms with Crippen molar-refractivity contribution in [2.24, 2.45) is 0 Å². The van der Waals surface area contributed by atoms with Gasteiger partial charge < -0.3 is 10.2 Å². The van der Waals surface area contributed by atoms with E-state index in [2.05, 4.69) is 21.2 Å². The first-order chi connectivity index (χ1) is 11.0. The van der Waals surface area contributed by atoms with Crippen molar-refractivity contribution in [2.45, 2.75) is 6.92 Å². The Bertz CT molecular complexity index is 721. The first kappa shape index (κ1) is 17.5. The summed E-state index contributed by atoms with van der Waals surface area (Å²) < 4.78 is 0.839. The molecule has 23 heavy (non-hydrogen) atoms. The van der Waals surface area contributed by atoms with Crippen molar-refractivity contribution in [3.05, 3.63) is 63.6 Å². The van der Waals surface area contributed by atoms with Crippen molar-refractivity contribution in [1.82, 2.24) is 5.32 Å². The lowest BCUT2D eigenvalue weighted by Crippen LogP contribution is -2.37. The van der Waals surface area contributed by atoms with Gasteiger partial charge in [0.1, 0.15) is 0 Å². The normalized spacial score (nSPS) is 10.2. The minimum atomic E-state index is -0.186. The van der Waals surface area contributed by atoms with Crippen LogP contribution in [0.4, 0.5) is 5.69 Å². The number of nitrogens with one attached hydrogen (secondary N) is 1. The van der Waals surface area contributed by atoms with Crippen LogP contribution in [0.3, 0.4) is 0 Å². The average Bonchev–Trinajstić information content (AvgIpc) is 2.52. The molecule has 0 heterocycles. The Morgan fingerprint density at radius 3 is 2.57 bits per heavy atom. The third-order valence-electron chi connectivity index (χ3n) is 3.23. The fourth-order valence-electron chi connectivity index (χ4n) is 2.13. The molecule has 0 saturated heterocycles. The van der Waals surface area contributed by atoms with E-state index in [0.29, 0.717) is 29.4 Å². The van der Waals surface area contributed by atoms with Crippen LogP contribution in [0.1, 0.15) is 17.3 Å². The molecule has 2 aromatic rings. The Labute approximate surface area is 148 Å². The van der Waals surface area contributed by atoms with E-state index in [4.69, 9.17) is 11.6 Å². The number of amides is 2. The fraction of sp³-hybridized carbons (Fsp3) is 0.176. The smallest absolute Gasteiger partial charge is 0.251 e. The number of rotatable bonds is 5. The average molecular weight is 396 g/mol. The number of nitrogens with zero attached hydrogens (tertiary/aromatic N) is 1. The maximum atomic E-state index is 12.1. The molecule has 0 saturated carbocycles. The van der Waals surface area contributed by atoms with Gasteiger partial charge in [-0.25, -0.2) is 0 Å². The molecule has 0 unspecified atom stereocenters. The molecule has 1 N–H and O–H groups in total. The molecule has 120 valence electrons. The predicted molar refractivity (Wildman–Crippen MR) is 96.0 cm³/mol. The largest absolute Gasteiger partial charge is 0.350 e. The van der Waals surface area contributed by atoms with Crippen molar-refractivity contribution in [3.8, 4) is 0 Å². The molecule has 0 bridgehead atoms. The standard InChI is InChI=1S/C17H16BrClN2O2/c1-12(22)21(16-8-3-2-7-15(16)19)10-9-20-17(23)13-5-4-6-14(18)11-13/h2-8,11H,9-10H2,1H3,(H,20,23). The summed E-state index contributed by atoms with van der Waals surface area (Å²) in [6.45, 7) is 2.15. The van der Waals surface area contributed by atoms with Gasteiger partial charge in [0.25, 0.3) is 5.91 Å². The quantitative estimate of drug-likeness (QED) is 0.835. The fourth-order valence-corrected chi connectivity index (χ4v) is 2.77. The van der Waals surface area contributed by atoms with Gasteiger partial charge in [0, 0.05) is 30.0 Å². The molecule has 0 fully saturated rings. The van der Waals surface area contributed by atoms with Gasteiger partial charge in [-0.2, -0.15) is 0 Å². The van der Waals surface area contributed by atoms with Gasteiger partial charge in [0.2, 0.25) is 5.91 Å². The van der Waals surface area contributed by atoms with Gasteiger partial charge in [0.15, 0.2) is 0 Å². The molecule has 0 spiro atoms. The Hall–Kier alpha value is -1.85. The molecule has 0 aliphatic heterocycles. The number of benzene rings is 2. The molecule has 4 nitrogen and oxygen atoms in total. The van der Waals surface area contributed by atoms with E-state index in [-0.39, 0.29) is 11.8 Å². The predicted octanol–water partition coefficient (Wildman–Crippen LogP) is 3.89. The van der Waals surface area contributed by atoms with Crippen LogP contribution in [-0.4, -0.2) is 24.9 Å². The van der Waals surface area contributed by atoms with Crippen LogP contribution in [0.15, 0.2) is 53.0 Å². The molecule has 2 amide bonds. The summed E-state index contributed by atoms with van der Waals surface area (Å²) >= 11 is 9.46. The monoisotopic (exact) mass is 394 g/mol. The highest BCUT2D eigenvalue weighted by Gasteiger charge is 2.14. The van der Waals surface area contributed by atoms with Crippen LogP contribution in [0, 0.1) is 0 Å². The molecule has 0 aliphatic rings. The Morgan fingerprint density at radius 1 is 1.17 bits per heavy atom. The van der Waals surface area contributed by atoms with Crippen LogP contribution in [0.5, 0.6) is 0 Å². The topological polar surface area (TPSA) is 49.4 Å². The van der Waals surface area contributed by atoms with E-state index in [1.165, 1.54) is 6.92 Å². The van der Waals surface area contributed by atoms with E-state index in [1.807, 2.05) is 12.1 Å². The van der Waals surface area contributed by atoms with E-state index in [9.17, 15) is 9.59 Å².